The predicted molar refractivity (Wildman–Crippen MR) is 120 cm³/mol. The summed E-state index contributed by atoms with van der Waals surface area (Å²) in [5.74, 6) is 0.246. The van der Waals surface area contributed by atoms with Crippen molar-refractivity contribution in [1.29, 1.82) is 0 Å². The number of halogens is 2. The Hall–Kier alpha value is -3.56. The van der Waals surface area contributed by atoms with E-state index in [0.29, 0.717) is 27.8 Å². The zero-order valence-corrected chi connectivity index (χ0v) is 17.8. The van der Waals surface area contributed by atoms with Crippen molar-refractivity contribution in [3.8, 4) is 5.75 Å². The molecule has 3 rings (SSSR count). The fourth-order valence-electron chi connectivity index (χ4n) is 2.45. The molecule has 9 nitrogen and oxygen atoms in total. The number of nitrogen functional groups attached to an aromatic ring is 1. The molecule has 0 fully saturated rings. The van der Waals surface area contributed by atoms with Gasteiger partial charge in [0.1, 0.15) is 17.8 Å². The van der Waals surface area contributed by atoms with Gasteiger partial charge in [0, 0.05) is 16.3 Å². The van der Waals surface area contributed by atoms with E-state index in [1.807, 2.05) is 0 Å². The molecule has 0 aliphatic heterocycles. The molecule has 0 unspecified atom stereocenters. The van der Waals surface area contributed by atoms with Gasteiger partial charge >= 0.3 is 0 Å². The van der Waals surface area contributed by atoms with Gasteiger partial charge in [0.25, 0.3) is 5.91 Å². The summed E-state index contributed by atoms with van der Waals surface area (Å²) in [6.45, 7) is 1.18. The van der Waals surface area contributed by atoms with Gasteiger partial charge in [-0.15, -0.1) is 0 Å². The number of amides is 1. The first-order chi connectivity index (χ1) is 14.8. The maximum Gasteiger partial charge on any atom is 0.276 e. The summed E-state index contributed by atoms with van der Waals surface area (Å²) < 4.78 is 5.36. The lowest BCUT2D eigenvalue weighted by atomic mass is 10.1. The van der Waals surface area contributed by atoms with Crippen LogP contribution in [0.15, 0.2) is 48.8 Å². The predicted octanol–water partition coefficient (Wildman–Crippen LogP) is 3.83. The lowest BCUT2D eigenvalue weighted by molar-refractivity contribution is -0.122. The molecule has 1 aromatic heterocycles. The molecular weight excluding hydrogens is 443 g/mol. The number of carbonyl (C=O) groups is 2. The number of ether oxygens (including phenoxy) is 1. The first kappa shape index (κ1) is 22.1. The molecule has 3 aromatic rings. The quantitative estimate of drug-likeness (QED) is 0.294. The van der Waals surface area contributed by atoms with E-state index in [9.17, 15) is 9.59 Å². The first-order valence-corrected chi connectivity index (χ1v) is 9.70. The zero-order chi connectivity index (χ0) is 22.4. The Morgan fingerprint density at radius 3 is 2.61 bits per heavy atom. The Balaban J connectivity index is 1.60. The molecule has 31 heavy (non-hydrogen) atoms. The summed E-state index contributed by atoms with van der Waals surface area (Å²) in [5, 5.41) is 3.77. The molecule has 0 saturated heterocycles. The highest BCUT2D eigenvalue weighted by Crippen LogP contribution is 2.28. The van der Waals surface area contributed by atoms with Crippen LogP contribution in [0.25, 0.3) is 0 Å². The van der Waals surface area contributed by atoms with E-state index >= 15 is 0 Å². The second-order valence-corrected chi connectivity index (χ2v) is 7.13. The van der Waals surface area contributed by atoms with Gasteiger partial charge in [-0.05, 0) is 37.3 Å². The minimum absolute atomic E-state index is 0.0634. The van der Waals surface area contributed by atoms with Crippen LogP contribution < -0.4 is 26.6 Å². The molecule has 0 spiro atoms. The number of anilines is 4. The molecule has 1 heterocycles. The summed E-state index contributed by atoms with van der Waals surface area (Å²) in [5.41, 5.74) is 12.5. The summed E-state index contributed by atoms with van der Waals surface area (Å²) in [7, 11) is 0. The SMILES string of the molecule is CC(=O)c1cccc(Nc2ncnc(NNC(=O)COc3ccc(Cl)cc3Cl)c2N)c1. The lowest BCUT2D eigenvalue weighted by Crippen LogP contribution is -2.34. The van der Waals surface area contributed by atoms with Crippen LogP contribution in [0.2, 0.25) is 10.0 Å². The van der Waals surface area contributed by atoms with Gasteiger partial charge in [0.15, 0.2) is 24.0 Å². The van der Waals surface area contributed by atoms with Crippen LogP contribution >= 0.6 is 23.2 Å². The maximum atomic E-state index is 12.1. The lowest BCUT2D eigenvalue weighted by Gasteiger charge is -2.14. The molecule has 160 valence electrons. The Bertz CT molecular complexity index is 1130. The summed E-state index contributed by atoms with van der Waals surface area (Å²) >= 11 is 11.8. The summed E-state index contributed by atoms with van der Waals surface area (Å²) in [4.78, 5) is 31.7. The fraction of sp³-hybridized carbons (Fsp3) is 0.100. The van der Waals surface area contributed by atoms with Crippen LogP contribution in [0.5, 0.6) is 5.75 Å². The van der Waals surface area contributed by atoms with Crippen molar-refractivity contribution in [3.63, 3.8) is 0 Å². The topological polar surface area (TPSA) is 131 Å². The Morgan fingerprint density at radius 2 is 1.87 bits per heavy atom. The zero-order valence-electron chi connectivity index (χ0n) is 16.3. The third-order valence-corrected chi connectivity index (χ3v) is 4.52. The van der Waals surface area contributed by atoms with Crippen LogP contribution in [0.4, 0.5) is 23.0 Å². The van der Waals surface area contributed by atoms with E-state index in [-0.39, 0.29) is 28.9 Å². The monoisotopic (exact) mass is 460 g/mol. The van der Waals surface area contributed by atoms with Crippen molar-refractivity contribution in [1.82, 2.24) is 15.4 Å². The number of hydrazine groups is 1. The van der Waals surface area contributed by atoms with Crippen molar-refractivity contribution < 1.29 is 14.3 Å². The molecule has 0 atom stereocenters. The normalized spacial score (nSPS) is 10.3. The smallest absolute Gasteiger partial charge is 0.276 e. The third-order valence-electron chi connectivity index (χ3n) is 3.99. The van der Waals surface area contributed by atoms with Gasteiger partial charge < -0.3 is 15.8 Å². The average Bonchev–Trinajstić information content (AvgIpc) is 2.74. The Kier molecular flexibility index (Phi) is 7.11. The number of nitrogens with zero attached hydrogens (tertiary/aromatic N) is 2. The van der Waals surface area contributed by atoms with Crippen molar-refractivity contribution in [3.05, 3.63) is 64.4 Å². The number of benzene rings is 2. The van der Waals surface area contributed by atoms with Crippen LogP contribution in [0.1, 0.15) is 17.3 Å². The molecule has 5 N–H and O–H groups in total. The van der Waals surface area contributed by atoms with Gasteiger partial charge in [0.05, 0.1) is 5.02 Å². The van der Waals surface area contributed by atoms with Gasteiger partial charge in [-0.1, -0.05) is 35.3 Å². The van der Waals surface area contributed by atoms with Gasteiger partial charge in [-0.2, -0.15) is 0 Å². The number of carbonyl (C=O) groups excluding carboxylic acids is 2. The molecular formula is C20H18Cl2N6O3. The molecule has 0 radical (unpaired) electrons. The van der Waals surface area contributed by atoms with Crippen molar-refractivity contribution in [2.75, 3.05) is 23.1 Å². The minimum atomic E-state index is -0.493. The molecule has 0 aliphatic rings. The number of ketones is 1. The maximum absolute atomic E-state index is 12.1. The Morgan fingerprint density at radius 1 is 1.10 bits per heavy atom. The largest absolute Gasteiger partial charge is 0.482 e. The van der Waals surface area contributed by atoms with Gasteiger partial charge in [-0.25, -0.2) is 9.97 Å². The van der Waals surface area contributed by atoms with E-state index < -0.39 is 5.91 Å². The number of hydrogen-bond acceptors (Lipinski definition) is 8. The van der Waals surface area contributed by atoms with E-state index in [4.69, 9.17) is 33.7 Å². The molecule has 1 amide bonds. The fourth-order valence-corrected chi connectivity index (χ4v) is 2.91. The number of hydrogen-bond donors (Lipinski definition) is 4. The van der Waals surface area contributed by atoms with E-state index in [0.717, 1.165) is 0 Å². The second kappa shape index (κ2) is 9.96. The number of nitrogens with one attached hydrogen (secondary N) is 3. The van der Waals surface area contributed by atoms with Crippen LogP contribution in [-0.2, 0) is 4.79 Å². The van der Waals surface area contributed by atoms with E-state index in [1.165, 1.54) is 19.3 Å². The summed E-state index contributed by atoms with van der Waals surface area (Å²) in [6.07, 6.45) is 1.27. The summed E-state index contributed by atoms with van der Waals surface area (Å²) in [6, 6.07) is 11.6. The van der Waals surface area contributed by atoms with E-state index in [2.05, 4.69) is 26.1 Å². The molecule has 2 aromatic carbocycles. The van der Waals surface area contributed by atoms with E-state index in [1.54, 1.807) is 36.4 Å². The molecule has 0 aliphatic carbocycles. The van der Waals surface area contributed by atoms with Crippen LogP contribution in [-0.4, -0.2) is 28.3 Å². The molecule has 0 saturated carbocycles. The molecule has 0 bridgehead atoms. The molecule has 11 heteroatoms. The standard InChI is InChI=1S/C20H18Cl2N6O3/c1-11(29)12-3-2-4-14(7-12)26-19-18(23)20(25-10-24-19)28-27-17(30)9-31-16-6-5-13(21)8-15(16)22/h2-8,10H,9,23H2,1H3,(H,27,30)(H2,24,25,26,28). The number of Topliss-reactive ketones (excluding diaryl/α,β-unsaturated/α-hetero) is 1. The average molecular weight is 461 g/mol. The van der Waals surface area contributed by atoms with Crippen molar-refractivity contribution in [2.45, 2.75) is 6.92 Å². The van der Waals surface area contributed by atoms with Crippen LogP contribution in [0, 0.1) is 0 Å². The first-order valence-electron chi connectivity index (χ1n) is 8.94. The highest BCUT2D eigenvalue weighted by molar-refractivity contribution is 6.35. The number of nitrogens with two attached hydrogens (primary N) is 1. The highest BCUT2D eigenvalue weighted by atomic mass is 35.5. The Labute approximate surface area is 187 Å². The number of rotatable bonds is 8. The second-order valence-electron chi connectivity index (χ2n) is 6.28. The highest BCUT2D eigenvalue weighted by Gasteiger charge is 2.11. The van der Waals surface area contributed by atoms with Gasteiger partial charge in [0.2, 0.25) is 0 Å². The minimum Gasteiger partial charge on any atom is -0.482 e. The number of aromatic nitrogens is 2. The van der Waals surface area contributed by atoms with Crippen molar-refractivity contribution in [2.24, 2.45) is 0 Å². The van der Waals surface area contributed by atoms with Crippen LogP contribution in [0.3, 0.4) is 0 Å². The van der Waals surface area contributed by atoms with Crippen molar-refractivity contribution >= 4 is 57.9 Å². The third kappa shape index (κ3) is 5.97. The van der Waals surface area contributed by atoms with Gasteiger partial charge in [-0.3, -0.25) is 20.4 Å².